The molecule has 1 aromatic heterocycles. The topological polar surface area (TPSA) is 110 Å². The number of carbonyl (C=O) groups excluding carboxylic acids is 1. The molecule has 0 radical (unpaired) electrons. The van der Waals surface area contributed by atoms with Crippen LogP contribution in [0.4, 0.5) is 8.78 Å². The molecule has 4 N–H and O–H groups in total. The maximum atomic E-state index is 14.0. The van der Waals surface area contributed by atoms with E-state index < -0.39 is 23.1 Å². The first kappa shape index (κ1) is 19.9. The van der Waals surface area contributed by atoms with E-state index in [9.17, 15) is 18.4 Å². The Morgan fingerprint density at radius 3 is 2.86 bits per heavy atom. The minimum absolute atomic E-state index is 0.0464. The SMILES string of the molecule is CC1NC(C#N)CNC1[C@@H](C)NC(=O)Cc1cc2c(F)c(F)ccc2[nH]c1=O. The number of pyridine rings is 1. The number of amides is 1. The summed E-state index contributed by atoms with van der Waals surface area (Å²) in [5.74, 6) is -2.50. The maximum absolute atomic E-state index is 14.0. The Kier molecular flexibility index (Phi) is 5.72. The van der Waals surface area contributed by atoms with Gasteiger partial charge in [-0.15, -0.1) is 0 Å². The highest BCUT2D eigenvalue weighted by molar-refractivity contribution is 5.83. The lowest BCUT2D eigenvalue weighted by Gasteiger charge is -2.37. The summed E-state index contributed by atoms with van der Waals surface area (Å²) in [5, 5.41) is 18.1. The maximum Gasteiger partial charge on any atom is 0.252 e. The van der Waals surface area contributed by atoms with Crippen LogP contribution in [0.2, 0.25) is 0 Å². The third-order valence-corrected chi connectivity index (χ3v) is 4.99. The van der Waals surface area contributed by atoms with Gasteiger partial charge < -0.3 is 15.6 Å². The highest BCUT2D eigenvalue weighted by atomic mass is 19.2. The van der Waals surface area contributed by atoms with Crippen molar-refractivity contribution in [3.63, 3.8) is 0 Å². The molecule has 1 aliphatic rings. The molecule has 3 unspecified atom stereocenters. The second-order valence-electron chi connectivity index (χ2n) is 7.05. The van der Waals surface area contributed by atoms with Gasteiger partial charge in [-0.25, -0.2) is 8.78 Å². The summed E-state index contributed by atoms with van der Waals surface area (Å²) in [5.41, 5.74) is -0.308. The lowest BCUT2D eigenvalue weighted by atomic mass is 9.98. The number of H-pyrrole nitrogens is 1. The third-order valence-electron chi connectivity index (χ3n) is 4.99. The molecule has 9 heteroatoms. The molecule has 1 aliphatic heterocycles. The number of rotatable bonds is 4. The van der Waals surface area contributed by atoms with Gasteiger partial charge in [0.2, 0.25) is 5.91 Å². The van der Waals surface area contributed by atoms with Crippen molar-refractivity contribution >= 4 is 16.8 Å². The molecule has 1 fully saturated rings. The van der Waals surface area contributed by atoms with Crippen LogP contribution in [0, 0.1) is 23.0 Å². The summed E-state index contributed by atoms with van der Waals surface area (Å²) in [4.78, 5) is 27.0. The van der Waals surface area contributed by atoms with Crippen molar-refractivity contribution in [3.8, 4) is 6.07 Å². The number of carbonyl (C=O) groups is 1. The molecule has 0 bridgehead atoms. The minimum Gasteiger partial charge on any atom is -0.352 e. The summed E-state index contributed by atoms with van der Waals surface area (Å²) in [6, 6.07) is 4.84. The molecule has 1 aromatic carbocycles. The molecule has 0 spiro atoms. The Morgan fingerprint density at radius 1 is 1.43 bits per heavy atom. The van der Waals surface area contributed by atoms with Gasteiger partial charge in [-0.05, 0) is 32.0 Å². The molecule has 2 heterocycles. The van der Waals surface area contributed by atoms with Crippen molar-refractivity contribution in [1.82, 2.24) is 20.9 Å². The molecule has 3 rings (SSSR count). The fourth-order valence-corrected chi connectivity index (χ4v) is 3.56. The quantitative estimate of drug-likeness (QED) is 0.615. The molecule has 148 valence electrons. The first-order valence-electron chi connectivity index (χ1n) is 8.98. The van der Waals surface area contributed by atoms with E-state index in [0.29, 0.717) is 6.54 Å². The van der Waals surface area contributed by atoms with Crippen molar-refractivity contribution in [1.29, 1.82) is 5.26 Å². The Hall–Kier alpha value is -2.83. The fourth-order valence-electron chi connectivity index (χ4n) is 3.56. The zero-order valence-electron chi connectivity index (χ0n) is 15.5. The van der Waals surface area contributed by atoms with Crippen molar-refractivity contribution in [2.24, 2.45) is 0 Å². The second kappa shape index (κ2) is 8.04. The summed E-state index contributed by atoms with van der Waals surface area (Å²) < 4.78 is 27.4. The van der Waals surface area contributed by atoms with Crippen LogP contribution in [0.25, 0.3) is 10.9 Å². The first-order valence-corrected chi connectivity index (χ1v) is 8.98. The van der Waals surface area contributed by atoms with Gasteiger partial charge in [0.15, 0.2) is 11.6 Å². The zero-order chi connectivity index (χ0) is 20.4. The van der Waals surface area contributed by atoms with E-state index in [0.717, 1.165) is 6.07 Å². The van der Waals surface area contributed by atoms with Gasteiger partial charge in [0, 0.05) is 35.6 Å². The standard InChI is InChI=1S/C19H21F2N5O2/c1-9-18(23-8-12(7-22)24-9)10(2)25-16(27)6-11-5-13-15(26-19(11)28)4-3-14(20)17(13)21/h3-5,9-10,12,18,23-24H,6,8H2,1-2H3,(H,25,27)(H,26,28)/t9?,10-,12?,18?/m1/s1. The zero-order valence-corrected chi connectivity index (χ0v) is 15.5. The van der Waals surface area contributed by atoms with Crippen LogP contribution in [0.5, 0.6) is 0 Å². The smallest absolute Gasteiger partial charge is 0.252 e. The van der Waals surface area contributed by atoms with Crippen LogP contribution in [0.1, 0.15) is 19.4 Å². The average Bonchev–Trinajstić information content (AvgIpc) is 2.65. The highest BCUT2D eigenvalue weighted by Crippen LogP contribution is 2.18. The van der Waals surface area contributed by atoms with Gasteiger partial charge in [-0.2, -0.15) is 5.26 Å². The van der Waals surface area contributed by atoms with Crippen molar-refractivity contribution < 1.29 is 13.6 Å². The number of aromatic nitrogens is 1. The second-order valence-corrected chi connectivity index (χ2v) is 7.05. The number of aromatic amines is 1. The number of hydrogen-bond donors (Lipinski definition) is 4. The van der Waals surface area contributed by atoms with Gasteiger partial charge in [-0.1, -0.05) is 0 Å². The number of benzene rings is 1. The monoisotopic (exact) mass is 389 g/mol. The number of nitrogens with one attached hydrogen (secondary N) is 4. The van der Waals surface area contributed by atoms with Gasteiger partial charge in [0.05, 0.1) is 18.0 Å². The summed E-state index contributed by atoms with van der Waals surface area (Å²) in [7, 11) is 0. The number of nitriles is 1. The van der Waals surface area contributed by atoms with Gasteiger partial charge in [-0.3, -0.25) is 14.9 Å². The molecule has 0 saturated carbocycles. The number of nitrogens with zero attached hydrogens (tertiary/aromatic N) is 1. The number of piperazine rings is 1. The van der Waals surface area contributed by atoms with Crippen molar-refractivity contribution in [2.75, 3.05) is 6.54 Å². The largest absolute Gasteiger partial charge is 0.352 e. The Balaban J connectivity index is 1.71. The molecule has 2 aromatic rings. The van der Waals surface area contributed by atoms with E-state index in [-0.39, 0.29) is 47.1 Å². The molecule has 1 amide bonds. The van der Waals surface area contributed by atoms with E-state index in [1.807, 2.05) is 13.8 Å². The summed E-state index contributed by atoms with van der Waals surface area (Å²) >= 11 is 0. The third kappa shape index (κ3) is 4.03. The van der Waals surface area contributed by atoms with Gasteiger partial charge in [0.1, 0.15) is 6.04 Å². The van der Waals surface area contributed by atoms with E-state index >= 15 is 0 Å². The Morgan fingerprint density at radius 2 is 2.18 bits per heavy atom. The molecule has 4 atom stereocenters. The van der Waals surface area contributed by atoms with Crippen molar-refractivity contribution in [3.05, 3.63) is 45.8 Å². The molecular weight excluding hydrogens is 368 g/mol. The molecular formula is C19H21F2N5O2. The van der Waals surface area contributed by atoms with Crippen LogP contribution in [0.15, 0.2) is 23.0 Å². The van der Waals surface area contributed by atoms with E-state index in [1.165, 1.54) is 12.1 Å². The molecule has 0 aliphatic carbocycles. The van der Waals surface area contributed by atoms with Crippen LogP contribution in [-0.2, 0) is 11.2 Å². The molecule has 28 heavy (non-hydrogen) atoms. The van der Waals surface area contributed by atoms with Crippen molar-refractivity contribution in [2.45, 2.75) is 44.4 Å². The Bertz CT molecular complexity index is 1000. The first-order chi connectivity index (χ1) is 13.3. The van der Waals surface area contributed by atoms with Gasteiger partial charge in [0.25, 0.3) is 5.56 Å². The minimum atomic E-state index is -1.07. The lowest BCUT2D eigenvalue weighted by Crippen LogP contribution is -2.65. The fraction of sp³-hybridized carbons (Fsp3) is 0.421. The average molecular weight is 389 g/mol. The predicted molar refractivity (Wildman–Crippen MR) is 99.6 cm³/mol. The Labute approximate surface area is 160 Å². The van der Waals surface area contributed by atoms with Crippen LogP contribution >= 0.6 is 0 Å². The lowest BCUT2D eigenvalue weighted by molar-refractivity contribution is -0.121. The highest BCUT2D eigenvalue weighted by Gasteiger charge is 2.30. The summed E-state index contributed by atoms with van der Waals surface area (Å²) in [6.45, 7) is 4.19. The number of fused-ring (bicyclic) bond motifs is 1. The molecule has 1 saturated heterocycles. The predicted octanol–water partition coefficient (Wildman–Crippen LogP) is 0.696. The van der Waals surface area contributed by atoms with Crippen LogP contribution < -0.4 is 21.5 Å². The number of hydrogen-bond acceptors (Lipinski definition) is 5. The van der Waals surface area contributed by atoms with Gasteiger partial charge >= 0.3 is 0 Å². The number of halogens is 2. The van der Waals surface area contributed by atoms with Crippen LogP contribution in [-0.4, -0.2) is 41.6 Å². The van der Waals surface area contributed by atoms with E-state index in [4.69, 9.17) is 5.26 Å². The molecule has 7 nitrogen and oxygen atoms in total. The van der Waals surface area contributed by atoms with E-state index in [1.54, 1.807) is 0 Å². The van der Waals surface area contributed by atoms with E-state index in [2.05, 4.69) is 27.0 Å². The summed E-state index contributed by atoms with van der Waals surface area (Å²) in [6.07, 6.45) is -0.263. The normalized spacial score (nSPS) is 23.2. The van der Waals surface area contributed by atoms with Crippen LogP contribution in [0.3, 0.4) is 0 Å².